The van der Waals surface area contributed by atoms with Crippen molar-refractivity contribution in [2.45, 2.75) is 99.9 Å². The van der Waals surface area contributed by atoms with Crippen LogP contribution in [0.1, 0.15) is 45.6 Å². The number of amides is 9. The van der Waals surface area contributed by atoms with E-state index >= 15 is 0 Å². The normalized spacial score (nSPS) is 26.8. The molecule has 0 saturated carbocycles. The van der Waals surface area contributed by atoms with Gasteiger partial charge in [-0.1, -0.05) is 48.8 Å². The quantitative estimate of drug-likeness (QED) is 0.0479. The average Bonchev–Trinajstić information content (AvgIpc) is 3.91. The van der Waals surface area contributed by atoms with E-state index in [1.165, 1.54) is 6.92 Å². The maximum Gasteiger partial charge on any atom is 0.248 e. The molecule has 15 N–H and O–H groups in total. The number of carbonyl (C=O) groups is 9. The molecule has 3 aliphatic rings. The summed E-state index contributed by atoms with van der Waals surface area (Å²) in [5.41, 5.74) is 11.6. The van der Waals surface area contributed by atoms with Gasteiger partial charge in [0.2, 0.25) is 58.2 Å². The Morgan fingerprint density at radius 1 is 0.901 bits per heavy atom. The van der Waals surface area contributed by atoms with Crippen molar-refractivity contribution in [1.82, 2.24) is 47.1 Å². The fourth-order valence-corrected chi connectivity index (χ4v) is 11.2. The second-order valence-corrected chi connectivity index (χ2v) is 21.5. The van der Waals surface area contributed by atoms with Gasteiger partial charge in [0.1, 0.15) is 41.7 Å². The number of carbonyl (C=O) groups excluding carboxylic acids is 9. The van der Waals surface area contributed by atoms with Crippen molar-refractivity contribution in [1.29, 1.82) is 0 Å². The van der Waals surface area contributed by atoms with Crippen LogP contribution in [0.15, 0.2) is 23.2 Å². The van der Waals surface area contributed by atoms with Crippen LogP contribution in [-0.2, 0) is 60.7 Å². The van der Waals surface area contributed by atoms with Crippen LogP contribution in [0, 0.1) is 11.8 Å². The Morgan fingerprint density at radius 3 is 2.27 bits per heavy atom. The topological polar surface area (TPSA) is 402 Å². The summed E-state index contributed by atoms with van der Waals surface area (Å²) in [4.78, 5) is 129. The third-order valence-electron chi connectivity index (χ3n) is 12.2. The van der Waals surface area contributed by atoms with Gasteiger partial charge >= 0.3 is 0 Å². The molecule has 3 aliphatic heterocycles. The van der Waals surface area contributed by atoms with Gasteiger partial charge in [-0.15, -0.1) is 0 Å². The Balaban J connectivity index is 1.72. The second-order valence-electron chi connectivity index (χ2n) is 17.4. The molecule has 2 aromatic rings. The van der Waals surface area contributed by atoms with Gasteiger partial charge < -0.3 is 83.2 Å². The van der Waals surface area contributed by atoms with Gasteiger partial charge in [0.05, 0.1) is 50.4 Å². The number of benzene rings is 1. The summed E-state index contributed by atoms with van der Waals surface area (Å²) in [5, 5.41) is 49.1. The number of aliphatic hydroxyl groups is 3. The lowest BCUT2D eigenvalue weighted by Crippen LogP contribution is -2.62. The lowest BCUT2D eigenvalue weighted by atomic mass is 9.93. The Kier molecular flexibility index (Phi) is 21.0. The molecule has 28 heteroatoms. The van der Waals surface area contributed by atoms with Crippen LogP contribution in [0.25, 0.3) is 10.9 Å². The lowest BCUT2D eigenvalue weighted by molar-refractivity contribution is -0.144. The summed E-state index contributed by atoms with van der Waals surface area (Å²) in [6, 6.07) is -5.11. The zero-order valence-electron chi connectivity index (χ0n) is 39.4. The standard InChI is InChI=1S/C43H63N11O14S3/c1-4-20(2)35-40(64)47-15-33(59)48-29-19-71(67)42-25(24-6-5-23(12-26(24)51-42)68-8-10-70-69-9-7-44)13-27(37(61)46-16-34(60)52-35)49-41(65)36(21(3)31(57)18-55)53-39(63)30-11-22(56)17-54(30)43(66)28(14-32(45)58)50-38(29)62/h5-6,12,20-22,27-31,35-36,51,55-57H,4,7-11,13-19,44H2,1-3H3,(H2,45,58)(H,46,61)(H,47,64)(H,48,59)(H,49,65)(H,50,62)(H,52,60)(H,53,63)/t20-,21-,22?,27?,28-,29?,30-,31-,35-,36-,71+/m0/s1. The molecular formula is C43H63N11O14S3. The van der Waals surface area contributed by atoms with Gasteiger partial charge in [0.15, 0.2) is 6.04 Å². The first-order chi connectivity index (χ1) is 33.8. The van der Waals surface area contributed by atoms with Crippen molar-refractivity contribution >= 4 is 96.8 Å². The monoisotopic (exact) mass is 1050 g/mol. The maximum absolute atomic E-state index is 14.9. The van der Waals surface area contributed by atoms with Crippen LogP contribution in [0.5, 0.6) is 5.75 Å². The minimum Gasteiger partial charge on any atom is -0.610 e. The Bertz CT molecular complexity index is 2290. The molecule has 2 bridgehead atoms. The Morgan fingerprint density at radius 2 is 1.59 bits per heavy atom. The van der Waals surface area contributed by atoms with E-state index in [0.717, 1.165) is 10.7 Å². The molecule has 4 heterocycles. The SMILES string of the molecule is CC[C@H](C)[C@@H]1NC(=O)CNC(=O)C2Cc3c([nH]c4cc(OCCSSCCN)ccc34)[S@+]([O-])CC(NC(=O)CNC1=O)C(=O)N[C@@H](CC(N)=O)C(=O)N1CC(O)C[C@H]1C(=O)N[C@@H]([C@@H](C)[C@@H](O)CO)C(=O)N2. The average molecular weight is 1050 g/mol. The number of H-pyrrole nitrogens is 1. The van der Waals surface area contributed by atoms with E-state index in [0.29, 0.717) is 35.4 Å². The smallest absolute Gasteiger partial charge is 0.248 e. The molecular weight excluding hydrogens is 991 g/mol. The molecule has 0 aliphatic carbocycles. The van der Waals surface area contributed by atoms with Gasteiger partial charge in [-0.3, -0.25) is 43.2 Å². The molecule has 1 saturated heterocycles. The highest BCUT2D eigenvalue weighted by atomic mass is 33.1. The van der Waals surface area contributed by atoms with Gasteiger partial charge in [-0.05, 0) is 18.1 Å². The number of ether oxygens (including phenoxy) is 1. The number of nitrogens with two attached hydrogens (primary N) is 2. The van der Waals surface area contributed by atoms with Crippen LogP contribution >= 0.6 is 21.6 Å². The van der Waals surface area contributed by atoms with Crippen molar-refractivity contribution in [2.24, 2.45) is 23.3 Å². The van der Waals surface area contributed by atoms with E-state index in [-0.39, 0.29) is 17.2 Å². The zero-order chi connectivity index (χ0) is 52.1. The summed E-state index contributed by atoms with van der Waals surface area (Å²) in [6.45, 7) is 2.62. The van der Waals surface area contributed by atoms with E-state index in [1.54, 1.807) is 53.6 Å². The van der Waals surface area contributed by atoms with Crippen molar-refractivity contribution in [3.05, 3.63) is 23.8 Å². The number of aromatic nitrogens is 1. The fraction of sp³-hybridized carbons (Fsp3) is 0.605. The number of hydrogen-bond acceptors (Lipinski definition) is 17. The molecule has 1 aromatic heterocycles. The van der Waals surface area contributed by atoms with Crippen LogP contribution < -0.4 is 53.4 Å². The Labute approximate surface area is 419 Å². The zero-order valence-corrected chi connectivity index (χ0v) is 41.8. The highest BCUT2D eigenvalue weighted by Crippen LogP contribution is 2.32. The highest BCUT2D eigenvalue weighted by Gasteiger charge is 2.45. The first-order valence-electron chi connectivity index (χ1n) is 23.0. The first kappa shape index (κ1) is 56.6. The van der Waals surface area contributed by atoms with Crippen molar-refractivity contribution in [3.8, 4) is 5.75 Å². The predicted molar refractivity (Wildman–Crippen MR) is 260 cm³/mol. The fourth-order valence-electron chi connectivity index (χ4n) is 8.14. The van der Waals surface area contributed by atoms with E-state index < -0.39 is 176 Å². The number of nitrogens with one attached hydrogen (secondary N) is 8. The summed E-state index contributed by atoms with van der Waals surface area (Å²) in [7, 11) is 3.14. The number of aliphatic hydroxyl groups excluding tert-OH is 3. The summed E-state index contributed by atoms with van der Waals surface area (Å²) in [5.74, 6) is -9.94. The largest absolute Gasteiger partial charge is 0.610 e. The summed E-state index contributed by atoms with van der Waals surface area (Å²) in [6.07, 6.45) is -4.38. The summed E-state index contributed by atoms with van der Waals surface area (Å²) >= 11 is -2.37. The van der Waals surface area contributed by atoms with Crippen LogP contribution in [0.3, 0.4) is 0 Å². The molecule has 0 spiro atoms. The molecule has 11 atom stereocenters. The minimum absolute atomic E-state index is 0.109. The summed E-state index contributed by atoms with van der Waals surface area (Å²) < 4.78 is 20.9. The molecule has 1 fully saturated rings. The highest BCUT2D eigenvalue weighted by molar-refractivity contribution is 8.76. The molecule has 9 amide bonds. The lowest BCUT2D eigenvalue weighted by Gasteiger charge is -2.32. The van der Waals surface area contributed by atoms with E-state index in [1.807, 2.05) is 0 Å². The second kappa shape index (κ2) is 26.4. The Hall–Kier alpha value is -5.36. The molecule has 0 radical (unpaired) electrons. The van der Waals surface area contributed by atoms with E-state index in [4.69, 9.17) is 16.2 Å². The first-order valence-corrected chi connectivity index (χ1v) is 26.8. The van der Waals surface area contributed by atoms with Crippen LogP contribution in [0.2, 0.25) is 0 Å². The third kappa shape index (κ3) is 15.1. The number of fused-ring (bicyclic) bond motifs is 5. The van der Waals surface area contributed by atoms with Gasteiger partial charge in [-0.2, -0.15) is 0 Å². The number of nitrogens with zero attached hydrogens (tertiary/aromatic N) is 1. The predicted octanol–water partition coefficient (Wildman–Crippen LogP) is -4.91. The van der Waals surface area contributed by atoms with Gasteiger partial charge in [0.25, 0.3) is 0 Å². The number of hydrogen-bond donors (Lipinski definition) is 13. The third-order valence-corrected chi connectivity index (χ3v) is 16.1. The van der Waals surface area contributed by atoms with E-state index in [9.17, 15) is 63.0 Å². The maximum atomic E-state index is 14.9. The molecule has 5 rings (SSSR count). The number of primary amides is 1. The van der Waals surface area contributed by atoms with E-state index in [2.05, 4.69) is 42.2 Å². The molecule has 25 nitrogen and oxygen atoms in total. The van der Waals surface area contributed by atoms with Crippen LogP contribution in [-0.4, -0.2) is 188 Å². The molecule has 392 valence electrons. The van der Waals surface area contributed by atoms with Crippen molar-refractivity contribution in [3.63, 3.8) is 0 Å². The molecule has 3 unspecified atom stereocenters. The molecule has 1 aromatic carbocycles. The number of aromatic amines is 1. The van der Waals surface area contributed by atoms with Crippen LogP contribution in [0.4, 0.5) is 0 Å². The van der Waals surface area contributed by atoms with Gasteiger partial charge in [-0.25, -0.2) is 0 Å². The van der Waals surface area contributed by atoms with Gasteiger partial charge in [0, 0.05) is 71.5 Å². The minimum atomic E-state index is -2.37. The van der Waals surface area contributed by atoms with Crippen molar-refractivity contribution in [2.75, 3.05) is 56.7 Å². The number of rotatable bonds is 14. The van der Waals surface area contributed by atoms with Crippen molar-refractivity contribution < 1.29 is 67.8 Å². The molecule has 71 heavy (non-hydrogen) atoms.